The van der Waals surface area contributed by atoms with E-state index in [4.69, 9.17) is 4.74 Å². The number of sulfonamides is 1. The highest BCUT2D eigenvalue weighted by molar-refractivity contribution is 7.89. The van der Waals surface area contributed by atoms with E-state index in [0.29, 0.717) is 42.3 Å². The van der Waals surface area contributed by atoms with Gasteiger partial charge in [0, 0.05) is 13.1 Å². The minimum atomic E-state index is -3.40. The molecule has 5 nitrogen and oxygen atoms in total. The topological polar surface area (TPSA) is 58.6 Å². The number of nitrogens with zero attached hydrogens (tertiary/aromatic N) is 1. The molecule has 0 saturated carbocycles. The van der Waals surface area contributed by atoms with Gasteiger partial charge in [-0.1, -0.05) is 13.8 Å². The third-order valence-corrected chi connectivity index (χ3v) is 6.59. The molecule has 2 unspecified atom stereocenters. The Morgan fingerprint density at radius 1 is 1.21 bits per heavy atom. The number of fused-ring (bicyclic) bond motifs is 1. The second kappa shape index (κ2) is 8.04. The molecular weight excluding hydrogens is 348 g/mol. The first kappa shape index (κ1) is 19.5. The van der Waals surface area contributed by atoms with Crippen molar-refractivity contribution in [3.63, 3.8) is 0 Å². The molecule has 0 spiro atoms. The van der Waals surface area contributed by atoms with Crippen molar-refractivity contribution in [2.24, 2.45) is 17.8 Å². The quantitative estimate of drug-likeness (QED) is 0.859. The molecule has 2 aliphatic heterocycles. The van der Waals surface area contributed by atoms with Crippen molar-refractivity contribution >= 4 is 22.4 Å². The molecule has 2 atom stereocenters. The van der Waals surface area contributed by atoms with Crippen LogP contribution in [0, 0.1) is 17.8 Å². The van der Waals surface area contributed by atoms with E-state index >= 15 is 0 Å². The molecule has 7 heteroatoms. The highest BCUT2D eigenvalue weighted by atomic mass is 35.5. The fourth-order valence-electron chi connectivity index (χ4n) is 3.34. The first-order valence-corrected chi connectivity index (χ1v) is 9.84. The van der Waals surface area contributed by atoms with E-state index in [0.717, 1.165) is 25.3 Å². The summed E-state index contributed by atoms with van der Waals surface area (Å²) in [6.45, 7) is 8.01. The van der Waals surface area contributed by atoms with Gasteiger partial charge in [0.25, 0.3) is 0 Å². The summed E-state index contributed by atoms with van der Waals surface area (Å²) >= 11 is 0. The van der Waals surface area contributed by atoms with Crippen LogP contribution in [0.3, 0.4) is 0 Å². The van der Waals surface area contributed by atoms with Gasteiger partial charge in [-0.3, -0.25) is 0 Å². The lowest BCUT2D eigenvalue weighted by molar-refractivity contribution is 0.228. The largest absolute Gasteiger partial charge is 0.493 e. The van der Waals surface area contributed by atoms with Crippen molar-refractivity contribution in [2.75, 3.05) is 32.8 Å². The van der Waals surface area contributed by atoms with Gasteiger partial charge < -0.3 is 10.1 Å². The van der Waals surface area contributed by atoms with Crippen molar-refractivity contribution in [2.45, 2.75) is 25.2 Å². The molecule has 2 aliphatic rings. The fraction of sp³-hybridized carbons (Fsp3) is 0.647. The molecule has 0 aromatic heterocycles. The number of benzene rings is 1. The average Bonchev–Trinajstić information content (AvgIpc) is 3.01. The molecule has 2 fully saturated rings. The molecule has 3 rings (SSSR count). The zero-order chi connectivity index (χ0) is 16.4. The van der Waals surface area contributed by atoms with Gasteiger partial charge in [0.05, 0.1) is 11.5 Å². The van der Waals surface area contributed by atoms with E-state index in [1.807, 2.05) is 0 Å². The second-order valence-corrected chi connectivity index (χ2v) is 8.94. The molecule has 0 radical (unpaired) electrons. The van der Waals surface area contributed by atoms with Crippen molar-refractivity contribution in [1.82, 2.24) is 9.62 Å². The van der Waals surface area contributed by atoms with E-state index in [-0.39, 0.29) is 12.4 Å². The maximum atomic E-state index is 12.8. The Kier molecular flexibility index (Phi) is 6.53. The number of piperidine rings is 1. The van der Waals surface area contributed by atoms with Crippen molar-refractivity contribution in [1.29, 1.82) is 0 Å². The SMILES string of the molecule is CC(C)COc1ccc(S(=O)(=O)N2CCC3CNCC3C2)cc1.Cl. The van der Waals surface area contributed by atoms with Gasteiger partial charge >= 0.3 is 0 Å². The van der Waals surface area contributed by atoms with E-state index in [9.17, 15) is 8.42 Å². The van der Waals surface area contributed by atoms with Gasteiger partial charge in [0.2, 0.25) is 10.0 Å². The maximum Gasteiger partial charge on any atom is 0.243 e. The fourth-order valence-corrected chi connectivity index (χ4v) is 4.85. The van der Waals surface area contributed by atoms with Crippen molar-refractivity contribution in [3.05, 3.63) is 24.3 Å². The van der Waals surface area contributed by atoms with Crippen LogP contribution in [0.4, 0.5) is 0 Å². The minimum absolute atomic E-state index is 0. The summed E-state index contributed by atoms with van der Waals surface area (Å²) in [6.07, 6.45) is 0.951. The Morgan fingerprint density at radius 2 is 1.88 bits per heavy atom. The Morgan fingerprint density at radius 3 is 2.54 bits per heavy atom. The minimum Gasteiger partial charge on any atom is -0.493 e. The van der Waals surface area contributed by atoms with Gasteiger partial charge in [0.1, 0.15) is 5.75 Å². The van der Waals surface area contributed by atoms with Crippen molar-refractivity contribution in [3.8, 4) is 5.75 Å². The van der Waals surface area contributed by atoms with Gasteiger partial charge in [0.15, 0.2) is 0 Å². The van der Waals surface area contributed by atoms with Crippen LogP contribution in [0.5, 0.6) is 5.75 Å². The summed E-state index contributed by atoms with van der Waals surface area (Å²) in [7, 11) is -3.40. The van der Waals surface area contributed by atoms with Crippen molar-refractivity contribution < 1.29 is 13.2 Å². The third-order valence-electron chi connectivity index (χ3n) is 4.71. The Hall–Kier alpha value is -0.820. The molecule has 0 amide bonds. The van der Waals surface area contributed by atoms with Crippen LogP contribution >= 0.6 is 12.4 Å². The number of hydrogen-bond donors (Lipinski definition) is 1. The molecule has 136 valence electrons. The zero-order valence-corrected chi connectivity index (χ0v) is 15.9. The summed E-state index contributed by atoms with van der Waals surface area (Å²) in [5.41, 5.74) is 0. The Bertz CT molecular complexity index is 634. The van der Waals surface area contributed by atoms with E-state index < -0.39 is 10.0 Å². The smallest absolute Gasteiger partial charge is 0.243 e. The predicted octanol–water partition coefficient (Wildman–Crippen LogP) is 2.37. The molecular formula is C17H27ClN2O3S. The standard InChI is InChI=1S/C17H26N2O3S.ClH/c1-13(2)12-22-16-3-5-17(6-4-16)23(20,21)19-8-7-14-9-18-10-15(14)11-19;/h3-6,13-15,18H,7-12H2,1-2H3;1H. The number of nitrogens with one attached hydrogen (secondary N) is 1. The lowest BCUT2D eigenvalue weighted by atomic mass is 9.90. The molecule has 1 N–H and O–H groups in total. The summed E-state index contributed by atoms with van der Waals surface area (Å²) in [6, 6.07) is 6.81. The van der Waals surface area contributed by atoms with Gasteiger partial charge in [-0.05, 0) is 61.5 Å². The first-order valence-electron chi connectivity index (χ1n) is 8.40. The summed E-state index contributed by atoms with van der Waals surface area (Å²) in [5, 5.41) is 3.37. The van der Waals surface area contributed by atoms with Crippen LogP contribution in [0.1, 0.15) is 20.3 Å². The molecule has 0 bridgehead atoms. The summed E-state index contributed by atoms with van der Waals surface area (Å²) in [4.78, 5) is 0.360. The normalized spacial score (nSPS) is 24.5. The van der Waals surface area contributed by atoms with E-state index in [2.05, 4.69) is 19.2 Å². The lowest BCUT2D eigenvalue weighted by Crippen LogP contribution is -2.43. The average molecular weight is 375 g/mol. The second-order valence-electron chi connectivity index (χ2n) is 7.01. The predicted molar refractivity (Wildman–Crippen MR) is 97.2 cm³/mol. The highest BCUT2D eigenvalue weighted by Gasteiger charge is 2.37. The third kappa shape index (κ3) is 4.23. The Labute approximate surface area is 151 Å². The Balaban J connectivity index is 0.00000208. The van der Waals surface area contributed by atoms with E-state index in [1.54, 1.807) is 28.6 Å². The highest BCUT2D eigenvalue weighted by Crippen LogP contribution is 2.30. The number of halogens is 1. The number of hydrogen-bond acceptors (Lipinski definition) is 4. The molecule has 24 heavy (non-hydrogen) atoms. The first-order chi connectivity index (χ1) is 11.0. The molecule has 2 heterocycles. The van der Waals surface area contributed by atoms with Gasteiger partial charge in [-0.2, -0.15) is 4.31 Å². The van der Waals surface area contributed by atoms with Crippen LogP contribution in [-0.4, -0.2) is 45.5 Å². The molecule has 0 aliphatic carbocycles. The molecule has 1 aromatic carbocycles. The molecule has 2 saturated heterocycles. The van der Waals surface area contributed by atoms with Crippen LogP contribution in [0.15, 0.2) is 29.2 Å². The van der Waals surface area contributed by atoms with E-state index in [1.165, 1.54) is 0 Å². The van der Waals surface area contributed by atoms with Crippen LogP contribution < -0.4 is 10.1 Å². The molecule has 1 aromatic rings. The van der Waals surface area contributed by atoms with Crippen LogP contribution in [0.2, 0.25) is 0 Å². The number of rotatable bonds is 5. The number of ether oxygens (including phenoxy) is 1. The van der Waals surface area contributed by atoms with Crippen LogP contribution in [0.25, 0.3) is 0 Å². The summed E-state index contributed by atoms with van der Waals surface area (Å²) < 4.78 is 32.9. The maximum absolute atomic E-state index is 12.8. The monoisotopic (exact) mass is 374 g/mol. The van der Waals surface area contributed by atoms with Gasteiger partial charge in [-0.15, -0.1) is 12.4 Å². The summed E-state index contributed by atoms with van der Waals surface area (Å²) in [5.74, 6) is 2.25. The van der Waals surface area contributed by atoms with Crippen LogP contribution in [-0.2, 0) is 10.0 Å². The lowest BCUT2D eigenvalue weighted by Gasteiger charge is -2.33. The van der Waals surface area contributed by atoms with Gasteiger partial charge in [-0.25, -0.2) is 8.42 Å². The zero-order valence-electron chi connectivity index (χ0n) is 14.3.